The van der Waals surface area contributed by atoms with Crippen LogP contribution >= 0.6 is 11.3 Å². The van der Waals surface area contributed by atoms with Gasteiger partial charge in [-0.1, -0.05) is 6.07 Å². The van der Waals surface area contributed by atoms with Gasteiger partial charge in [0.1, 0.15) is 5.82 Å². The largest absolute Gasteiger partial charge is 0.481 e. The number of fused-ring (bicyclic) bond motifs is 1. The van der Waals surface area contributed by atoms with Crippen molar-refractivity contribution >= 4 is 28.2 Å². The van der Waals surface area contributed by atoms with E-state index in [1.54, 1.807) is 6.07 Å². The molecule has 0 aliphatic rings. The van der Waals surface area contributed by atoms with Crippen molar-refractivity contribution in [1.82, 2.24) is 10.3 Å². The molecule has 0 radical (unpaired) electrons. The molecule has 1 aromatic carbocycles. The van der Waals surface area contributed by atoms with Gasteiger partial charge in [0.25, 0.3) is 0 Å². The molecule has 3 N–H and O–H groups in total. The quantitative estimate of drug-likeness (QED) is 0.649. The van der Waals surface area contributed by atoms with Gasteiger partial charge in [0, 0.05) is 22.6 Å². The molecule has 1 atom stereocenters. The third-order valence-corrected chi connectivity index (χ3v) is 4.43. The number of H-pyrrole nitrogens is 1. The zero-order valence-electron chi connectivity index (χ0n) is 11.7. The summed E-state index contributed by atoms with van der Waals surface area (Å²) in [5.74, 6) is -1.12. The van der Waals surface area contributed by atoms with Crippen molar-refractivity contribution in [2.75, 3.05) is 0 Å². The van der Waals surface area contributed by atoms with Crippen LogP contribution in [0.3, 0.4) is 0 Å². The molecule has 1 unspecified atom stereocenters. The van der Waals surface area contributed by atoms with E-state index in [-0.39, 0.29) is 18.3 Å². The molecule has 2 heterocycles. The molecule has 0 saturated carbocycles. The van der Waals surface area contributed by atoms with E-state index in [1.165, 1.54) is 23.5 Å². The number of nitrogens with one attached hydrogen (secondary N) is 2. The predicted octanol–water partition coefficient (Wildman–Crippen LogP) is 3.67. The van der Waals surface area contributed by atoms with Gasteiger partial charge in [0.2, 0.25) is 0 Å². The van der Waals surface area contributed by atoms with Crippen LogP contribution in [0.4, 0.5) is 4.39 Å². The first-order valence-corrected chi connectivity index (χ1v) is 7.75. The smallest absolute Gasteiger partial charge is 0.305 e. The average molecular weight is 318 g/mol. The van der Waals surface area contributed by atoms with Crippen molar-refractivity contribution in [3.63, 3.8) is 0 Å². The summed E-state index contributed by atoms with van der Waals surface area (Å²) in [7, 11) is 0. The minimum atomic E-state index is -0.843. The maximum absolute atomic E-state index is 13.2. The maximum atomic E-state index is 13.2. The van der Waals surface area contributed by atoms with Crippen molar-refractivity contribution in [3.05, 3.63) is 58.2 Å². The van der Waals surface area contributed by atoms with Crippen LogP contribution in [0.5, 0.6) is 0 Å². The van der Waals surface area contributed by atoms with E-state index in [4.69, 9.17) is 5.11 Å². The van der Waals surface area contributed by atoms with Crippen LogP contribution in [-0.4, -0.2) is 16.1 Å². The van der Waals surface area contributed by atoms with Gasteiger partial charge in [-0.3, -0.25) is 4.79 Å². The van der Waals surface area contributed by atoms with Crippen LogP contribution in [0.25, 0.3) is 10.9 Å². The summed E-state index contributed by atoms with van der Waals surface area (Å²) in [6.45, 7) is 0.492. The van der Waals surface area contributed by atoms with Crippen LogP contribution in [0.1, 0.15) is 23.0 Å². The van der Waals surface area contributed by atoms with Crippen LogP contribution in [0, 0.1) is 5.82 Å². The van der Waals surface area contributed by atoms with Gasteiger partial charge in [-0.05, 0) is 41.1 Å². The molecular formula is C16H15FN2O2S. The lowest BCUT2D eigenvalue weighted by Gasteiger charge is -2.14. The summed E-state index contributed by atoms with van der Waals surface area (Å²) in [5.41, 5.74) is 1.63. The third kappa shape index (κ3) is 3.35. The molecular weight excluding hydrogens is 303 g/mol. The van der Waals surface area contributed by atoms with Crippen molar-refractivity contribution in [1.29, 1.82) is 0 Å². The van der Waals surface area contributed by atoms with Crippen LogP contribution in [-0.2, 0) is 11.3 Å². The molecule has 0 amide bonds. The minimum Gasteiger partial charge on any atom is -0.481 e. The molecule has 0 fully saturated rings. The highest BCUT2D eigenvalue weighted by Crippen LogP contribution is 2.23. The summed E-state index contributed by atoms with van der Waals surface area (Å²) in [6.07, 6.45) is 0.0232. The van der Waals surface area contributed by atoms with Crippen molar-refractivity contribution < 1.29 is 14.3 Å². The normalized spacial score (nSPS) is 12.6. The first kappa shape index (κ1) is 14.7. The molecule has 0 aliphatic heterocycles. The van der Waals surface area contributed by atoms with Crippen molar-refractivity contribution in [2.24, 2.45) is 0 Å². The Morgan fingerprint density at radius 3 is 2.95 bits per heavy atom. The average Bonchev–Trinajstić information content (AvgIpc) is 3.11. The zero-order valence-corrected chi connectivity index (χ0v) is 12.5. The Morgan fingerprint density at radius 1 is 1.36 bits per heavy atom. The minimum absolute atomic E-state index is 0.0232. The van der Waals surface area contributed by atoms with Gasteiger partial charge in [0.15, 0.2) is 0 Å². The molecule has 3 rings (SSSR count). The van der Waals surface area contributed by atoms with Gasteiger partial charge in [-0.25, -0.2) is 4.39 Å². The summed E-state index contributed by atoms with van der Waals surface area (Å²) >= 11 is 1.53. The number of carboxylic acids is 1. The fourth-order valence-electron chi connectivity index (χ4n) is 2.43. The first-order chi connectivity index (χ1) is 10.6. The maximum Gasteiger partial charge on any atom is 0.305 e. The summed E-state index contributed by atoms with van der Waals surface area (Å²) < 4.78 is 13.2. The van der Waals surface area contributed by atoms with E-state index < -0.39 is 5.97 Å². The Morgan fingerprint density at radius 2 is 2.23 bits per heavy atom. The van der Waals surface area contributed by atoms with E-state index >= 15 is 0 Å². The Bertz CT molecular complexity index is 783. The molecule has 0 saturated heterocycles. The summed E-state index contributed by atoms with van der Waals surface area (Å²) in [4.78, 5) is 15.1. The number of thiophene rings is 1. The van der Waals surface area contributed by atoms with Gasteiger partial charge < -0.3 is 15.4 Å². The molecule has 2 aromatic heterocycles. The van der Waals surface area contributed by atoms with E-state index in [0.717, 1.165) is 21.5 Å². The lowest BCUT2D eigenvalue weighted by molar-refractivity contribution is -0.137. The molecule has 0 aliphatic carbocycles. The van der Waals surface area contributed by atoms with Crippen LogP contribution < -0.4 is 5.32 Å². The first-order valence-electron chi connectivity index (χ1n) is 6.87. The van der Waals surface area contributed by atoms with E-state index in [9.17, 15) is 9.18 Å². The molecule has 4 nitrogen and oxygen atoms in total. The number of rotatable bonds is 6. The number of halogens is 1. The topological polar surface area (TPSA) is 65.1 Å². The lowest BCUT2D eigenvalue weighted by Crippen LogP contribution is -2.22. The second-order valence-electron chi connectivity index (χ2n) is 5.07. The highest BCUT2D eigenvalue weighted by Gasteiger charge is 2.16. The number of carboxylic acid groups (broad SMARTS) is 1. The van der Waals surface area contributed by atoms with Gasteiger partial charge in [-0.2, -0.15) is 0 Å². The Hall–Kier alpha value is -2.18. The van der Waals surface area contributed by atoms with Crippen LogP contribution in [0.15, 0.2) is 41.8 Å². The number of carbonyl (C=O) groups is 1. The van der Waals surface area contributed by atoms with Gasteiger partial charge >= 0.3 is 5.97 Å². The van der Waals surface area contributed by atoms with Crippen molar-refractivity contribution in [3.8, 4) is 0 Å². The van der Waals surface area contributed by atoms with E-state index in [0.29, 0.717) is 6.54 Å². The Balaban J connectivity index is 1.74. The SMILES string of the molecule is O=C(O)CC(NCc1cc2ccc(F)cc2[nH]1)c1cccs1. The summed E-state index contributed by atoms with van der Waals surface area (Å²) in [5, 5.41) is 15.2. The molecule has 0 spiro atoms. The molecule has 6 heteroatoms. The third-order valence-electron chi connectivity index (χ3n) is 3.44. The Kier molecular flexibility index (Phi) is 4.22. The highest BCUT2D eigenvalue weighted by molar-refractivity contribution is 7.10. The second-order valence-corrected chi connectivity index (χ2v) is 6.05. The van der Waals surface area contributed by atoms with Crippen LogP contribution in [0.2, 0.25) is 0 Å². The summed E-state index contributed by atoms with van der Waals surface area (Å²) in [6, 6.07) is 10.1. The number of aromatic nitrogens is 1. The lowest BCUT2D eigenvalue weighted by atomic mass is 10.1. The van der Waals surface area contributed by atoms with Crippen molar-refractivity contribution in [2.45, 2.75) is 19.0 Å². The second kappa shape index (κ2) is 6.29. The monoisotopic (exact) mass is 318 g/mol. The van der Waals surface area contributed by atoms with E-state index in [2.05, 4.69) is 10.3 Å². The Labute approximate surface area is 130 Å². The zero-order chi connectivity index (χ0) is 15.5. The molecule has 0 bridgehead atoms. The fourth-order valence-corrected chi connectivity index (χ4v) is 3.23. The standard InChI is InChI=1S/C16H15FN2O2S/c17-11-4-3-10-6-12(19-13(10)7-11)9-18-14(8-16(20)21)15-2-1-5-22-15/h1-7,14,18-19H,8-9H2,(H,20,21). The highest BCUT2D eigenvalue weighted by atomic mass is 32.1. The number of aliphatic carboxylic acids is 1. The van der Waals surface area contributed by atoms with E-state index in [1.807, 2.05) is 23.6 Å². The number of hydrogen-bond donors (Lipinski definition) is 3. The van der Waals surface area contributed by atoms with Gasteiger partial charge in [0.05, 0.1) is 12.5 Å². The fraction of sp³-hybridized carbons (Fsp3) is 0.188. The van der Waals surface area contributed by atoms with Gasteiger partial charge in [-0.15, -0.1) is 11.3 Å². The molecule has 114 valence electrons. The molecule has 3 aromatic rings. The predicted molar refractivity (Wildman–Crippen MR) is 84.4 cm³/mol. The number of benzene rings is 1. The number of aromatic amines is 1. The molecule has 22 heavy (non-hydrogen) atoms. The number of hydrogen-bond acceptors (Lipinski definition) is 3.